The lowest BCUT2D eigenvalue weighted by Crippen LogP contribution is -2.58. The normalized spacial score (nSPS) is 23.3. The Morgan fingerprint density at radius 1 is 1.32 bits per heavy atom. The summed E-state index contributed by atoms with van der Waals surface area (Å²) in [6, 6.07) is 6.07. The van der Waals surface area contributed by atoms with Crippen molar-refractivity contribution >= 4 is 5.69 Å². The number of ether oxygens (including phenoxy) is 2. The van der Waals surface area contributed by atoms with Gasteiger partial charge in [-0.05, 0) is 19.1 Å². The summed E-state index contributed by atoms with van der Waals surface area (Å²) in [5, 5.41) is 12.9. The second-order valence-electron chi connectivity index (χ2n) is 4.79. The molecule has 1 heterocycles. The fraction of sp³-hybridized carbons (Fsp3) is 0.571. The first-order chi connectivity index (χ1) is 9.21. The smallest absolute Gasteiger partial charge is 0.142 e. The van der Waals surface area contributed by atoms with E-state index in [4.69, 9.17) is 9.47 Å². The number of aliphatic hydroxyl groups is 1. The molecular formula is C14H22N2O3. The molecule has 0 spiro atoms. The van der Waals surface area contributed by atoms with Crippen LogP contribution in [0.4, 0.5) is 5.69 Å². The molecule has 0 bridgehead atoms. The average molecular weight is 266 g/mol. The molecule has 0 radical (unpaired) electrons. The largest absolute Gasteiger partial charge is 0.497 e. The fourth-order valence-corrected chi connectivity index (χ4v) is 2.60. The van der Waals surface area contributed by atoms with E-state index in [9.17, 15) is 5.11 Å². The zero-order valence-corrected chi connectivity index (χ0v) is 11.7. The van der Waals surface area contributed by atoms with Crippen LogP contribution >= 0.6 is 0 Å². The molecule has 106 valence electrons. The van der Waals surface area contributed by atoms with E-state index < -0.39 is 0 Å². The molecule has 2 rings (SSSR count). The van der Waals surface area contributed by atoms with Gasteiger partial charge in [-0.1, -0.05) is 0 Å². The molecule has 2 N–H and O–H groups in total. The first-order valence-electron chi connectivity index (χ1n) is 6.53. The van der Waals surface area contributed by atoms with Crippen molar-refractivity contribution in [2.24, 2.45) is 0 Å². The average Bonchev–Trinajstić information content (AvgIpc) is 2.46. The molecule has 1 saturated heterocycles. The third-order valence-electron chi connectivity index (χ3n) is 3.56. The Kier molecular flexibility index (Phi) is 4.50. The Balaban J connectivity index is 2.41. The van der Waals surface area contributed by atoms with Crippen molar-refractivity contribution in [1.29, 1.82) is 0 Å². The van der Waals surface area contributed by atoms with Gasteiger partial charge in [0.15, 0.2) is 0 Å². The van der Waals surface area contributed by atoms with Gasteiger partial charge in [-0.15, -0.1) is 0 Å². The van der Waals surface area contributed by atoms with Crippen molar-refractivity contribution in [3.63, 3.8) is 0 Å². The second kappa shape index (κ2) is 6.12. The summed E-state index contributed by atoms with van der Waals surface area (Å²) >= 11 is 0. The third kappa shape index (κ3) is 2.77. The molecule has 0 aromatic heterocycles. The molecular weight excluding hydrogens is 244 g/mol. The molecule has 0 saturated carbocycles. The van der Waals surface area contributed by atoms with Crippen LogP contribution in [-0.2, 0) is 0 Å². The van der Waals surface area contributed by atoms with Gasteiger partial charge in [0.25, 0.3) is 0 Å². The number of methoxy groups -OCH3 is 2. The summed E-state index contributed by atoms with van der Waals surface area (Å²) in [6.07, 6.45) is 0. The Morgan fingerprint density at radius 2 is 2.11 bits per heavy atom. The summed E-state index contributed by atoms with van der Waals surface area (Å²) in [5.74, 6) is 1.59. The van der Waals surface area contributed by atoms with E-state index in [-0.39, 0.29) is 18.7 Å². The zero-order chi connectivity index (χ0) is 13.8. The molecule has 1 aromatic carbocycles. The van der Waals surface area contributed by atoms with Gasteiger partial charge in [0.2, 0.25) is 0 Å². The summed E-state index contributed by atoms with van der Waals surface area (Å²) in [6.45, 7) is 3.89. The Hall–Kier alpha value is -1.46. The van der Waals surface area contributed by atoms with E-state index in [1.54, 1.807) is 14.2 Å². The Morgan fingerprint density at radius 3 is 2.74 bits per heavy atom. The lowest BCUT2D eigenvalue weighted by molar-refractivity contribution is 0.234. The number of aliphatic hydroxyl groups excluding tert-OH is 1. The lowest BCUT2D eigenvalue weighted by atomic mass is 10.1. The number of nitrogens with zero attached hydrogens (tertiary/aromatic N) is 1. The molecule has 2 unspecified atom stereocenters. The van der Waals surface area contributed by atoms with Crippen molar-refractivity contribution in [3.05, 3.63) is 18.2 Å². The number of anilines is 1. The van der Waals surface area contributed by atoms with Gasteiger partial charge in [-0.25, -0.2) is 0 Å². The van der Waals surface area contributed by atoms with Gasteiger partial charge >= 0.3 is 0 Å². The molecule has 1 aliphatic heterocycles. The highest BCUT2D eigenvalue weighted by Gasteiger charge is 2.29. The summed E-state index contributed by atoms with van der Waals surface area (Å²) < 4.78 is 10.7. The molecule has 1 fully saturated rings. The Labute approximate surface area is 114 Å². The Bertz CT molecular complexity index is 425. The van der Waals surface area contributed by atoms with Crippen LogP contribution in [0.1, 0.15) is 6.92 Å². The molecule has 5 nitrogen and oxygen atoms in total. The first kappa shape index (κ1) is 14.0. The van der Waals surface area contributed by atoms with E-state index in [0.717, 1.165) is 30.3 Å². The number of nitrogens with one attached hydrogen (secondary N) is 1. The minimum Gasteiger partial charge on any atom is -0.497 e. The maximum atomic E-state index is 9.58. The van der Waals surface area contributed by atoms with Crippen LogP contribution in [0.2, 0.25) is 0 Å². The topological polar surface area (TPSA) is 54.0 Å². The van der Waals surface area contributed by atoms with Crippen LogP contribution in [0.3, 0.4) is 0 Å². The molecule has 1 aromatic rings. The molecule has 0 aliphatic carbocycles. The molecule has 0 amide bonds. The number of hydrogen-bond donors (Lipinski definition) is 2. The number of benzene rings is 1. The number of rotatable bonds is 4. The van der Waals surface area contributed by atoms with Crippen molar-refractivity contribution in [1.82, 2.24) is 5.32 Å². The third-order valence-corrected chi connectivity index (χ3v) is 3.56. The van der Waals surface area contributed by atoms with Crippen LogP contribution in [0, 0.1) is 0 Å². The van der Waals surface area contributed by atoms with Crippen LogP contribution in [0.5, 0.6) is 11.5 Å². The van der Waals surface area contributed by atoms with Gasteiger partial charge in [-0.2, -0.15) is 0 Å². The van der Waals surface area contributed by atoms with Crippen LogP contribution < -0.4 is 19.7 Å². The molecule has 19 heavy (non-hydrogen) atoms. The predicted octanol–water partition coefficient (Wildman–Crippen LogP) is 0.863. The van der Waals surface area contributed by atoms with Crippen molar-refractivity contribution in [2.45, 2.75) is 19.0 Å². The highest BCUT2D eigenvalue weighted by molar-refractivity contribution is 5.63. The van der Waals surface area contributed by atoms with E-state index in [1.807, 2.05) is 18.2 Å². The summed E-state index contributed by atoms with van der Waals surface area (Å²) in [5.41, 5.74) is 0.968. The van der Waals surface area contributed by atoms with Gasteiger partial charge in [0.1, 0.15) is 11.5 Å². The first-order valence-corrected chi connectivity index (χ1v) is 6.53. The highest BCUT2D eigenvalue weighted by Crippen LogP contribution is 2.35. The summed E-state index contributed by atoms with van der Waals surface area (Å²) in [4.78, 5) is 2.21. The van der Waals surface area contributed by atoms with E-state index in [0.29, 0.717) is 0 Å². The minimum absolute atomic E-state index is 0.0461. The molecule has 1 aliphatic rings. The highest BCUT2D eigenvalue weighted by atomic mass is 16.5. The fourth-order valence-electron chi connectivity index (χ4n) is 2.60. The molecule has 5 heteroatoms. The molecule has 2 atom stereocenters. The van der Waals surface area contributed by atoms with E-state index >= 15 is 0 Å². The lowest BCUT2D eigenvalue weighted by Gasteiger charge is -2.42. The van der Waals surface area contributed by atoms with Crippen LogP contribution in [-0.4, -0.2) is 51.1 Å². The van der Waals surface area contributed by atoms with Gasteiger partial charge in [0, 0.05) is 25.2 Å². The quantitative estimate of drug-likeness (QED) is 0.846. The minimum atomic E-state index is 0.0461. The maximum Gasteiger partial charge on any atom is 0.142 e. The van der Waals surface area contributed by atoms with E-state index in [2.05, 4.69) is 17.1 Å². The monoisotopic (exact) mass is 266 g/mol. The second-order valence-corrected chi connectivity index (χ2v) is 4.79. The standard InChI is InChI=1S/C14H22N2O3/c1-10-7-15-8-11(9-17)16(10)13-6-12(18-2)4-5-14(13)19-3/h4-6,10-11,15,17H,7-9H2,1-3H3. The predicted molar refractivity (Wildman–Crippen MR) is 75.2 cm³/mol. The van der Waals surface area contributed by atoms with Crippen LogP contribution in [0.15, 0.2) is 18.2 Å². The number of hydrogen-bond acceptors (Lipinski definition) is 5. The van der Waals surface area contributed by atoms with Crippen molar-refractivity contribution in [2.75, 3.05) is 38.8 Å². The van der Waals surface area contributed by atoms with E-state index in [1.165, 1.54) is 0 Å². The van der Waals surface area contributed by atoms with Gasteiger partial charge in [-0.3, -0.25) is 0 Å². The van der Waals surface area contributed by atoms with Gasteiger partial charge < -0.3 is 24.8 Å². The van der Waals surface area contributed by atoms with Gasteiger partial charge in [0.05, 0.1) is 32.6 Å². The van der Waals surface area contributed by atoms with Crippen molar-refractivity contribution < 1.29 is 14.6 Å². The summed E-state index contributed by atoms with van der Waals surface area (Å²) in [7, 11) is 3.31. The maximum absolute atomic E-state index is 9.58. The zero-order valence-electron chi connectivity index (χ0n) is 11.7. The van der Waals surface area contributed by atoms with Crippen molar-refractivity contribution in [3.8, 4) is 11.5 Å². The SMILES string of the molecule is COc1ccc(OC)c(N2C(C)CNCC2CO)c1. The van der Waals surface area contributed by atoms with Crippen LogP contribution in [0.25, 0.3) is 0 Å². The number of piperazine rings is 1.